The fraction of sp³-hybridized carbons (Fsp3) is 0.169. The van der Waals surface area contributed by atoms with Crippen LogP contribution in [-0.2, 0) is 21.7 Å². The molecule has 0 N–H and O–H groups in total. The van der Waals surface area contributed by atoms with Crippen LogP contribution in [-0.4, -0.2) is 0 Å². The third kappa shape index (κ3) is 5.45. The Bertz CT molecular complexity index is 3620. The molecule has 0 unspecified atom stereocenters. The largest absolute Gasteiger partial charge is 0.456 e. The normalized spacial score (nSPS) is 15.4. The summed E-state index contributed by atoms with van der Waals surface area (Å²) in [6.45, 7) is 16.3. The number of nitrogens with zero attached hydrogens (tertiary/aromatic N) is 1. The summed E-state index contributed by atoms with van der Waals surface area (Å²) in [5, 5.41) is 2.37. The summed E-state index contributed by atoms with van der Waals surface area (Å²) in [5.74, 6) is 0. The monoisotopic (exact) mass is 863 g/mol. The van der Waals surface area contributed by atoms with Crippen molar-refractivity contribution in [1.29, 1.82) is 0 Å². The first-order valence-corrected chi connectivity index (χ1v) is 23.9. The molecule has 0 radical (unpaired) electrons. The van der Waals surface area contributed by atoms with Gasteiger partial charge in [-0.25, -0.2) is 0 Å². The number of anilines is 3. The molecule has 2 nitrogen and oxygen atoms in total. The van der Waals surface area contributed by atoms with E-state index in [2.05, 4.69) is 247 Å². The van der Waals surface area contributed by atoms with E-state index >= 15 is 0 Å². The first kappa shape index (κ1) is 39.9. The van der Waals surface area contributed by atoms with E-state index in [1.165, 1.54) is 94.2 Å². The molecule has 3 aliphatic rings. The lowest BCUT2D eigenvalue weighted by Crippen LogP contribution is -2.28. The zero-order chi connectivity index (χ0) is 45.6. The molecule has 0 saturated carbocycles. The maximum absolute atomic E-state index is 6.79. The van der Waals surface area contributed by atoms with Gasteiger partial charge < -0.3 is 9.32 Å². The summed E-state index contributed by atoms with van der Waals surface area (Å²) < 4.78 is 6.79. The van der Waals surface area contributed by atoms with Gasteiger partial charge in [0.05, 0.1) is 5.41 Å². The zero-order valence-electron chi connectivity index (χ0n) is 39.3. The van der Waals surface area contributed by atoms with E-state index in [1.54, 1.807) is 0 Å². The summed E-state index contributed by atoms with van der Waals surface area (Å²) in [4.78, 5) is 2.49. The topological polar surface area (TPSA) is 16.4 Å². The minimum Gasteiger partial charge on any atom is -0.456 e. The highest BCUT2D eigenvalue weighted by Crippen LogP contribution is 2.58. The van der Waals surface area contributed by atoms with Gasteiger partial charge >= 0.3 is 0 Å². The molecular formula is C65H53NO. The van der Waals surface area contributed by atoms with Gasteiger partial charge in [-0.1, -0.05) is 194 Å². The van der Waals surface area contributed by atoms with Gasteiger partial charge in [-0.2, -0.15) is 0 Å². The lowest BCUT2D eigenvalue weighted by Gasteiger charge is -2.34. The Labute approximate surface area is 394 Å². The summed E-state index contributed by atoms with van der Waals surface area (Å²) in [5.41, 5.74) is 24.0. The number of hydrogen-bond acceptors (Lipinski definition) is 2. The van der Waals surface area contributed by atoms with Crippen molar-refractivity contribution in [3.8, 4) is 33.4 Å². The standard InChI is InChI=1S/C65H53NO/c1-62(2,3)56-27-17-23-50-52-38-59-51(39-60(52)67-61(50)56)49-35-33-44(37-58(49)64(59,6)7)66(43-32-34-48-45-20-11-14-24-53(45)63(4,5)57(48)36-43)42-30-28-41(29-31-42)65(40-18-9-8-10-19-40)54-25-15-12-21-46(54)47-22-13-16-26-55(47)65/h8-39H,1-7H3. The molecule has 324 valence electrons. The van der Waals surface area contributed by atoms with Gasteiger partial charge in [0.15, 0.2) is 0 Å². The van der Waals surface area contributed by atoms with Crippen molar-refractivity contribution >= 4 is 39.0 Å². The highest BCUT2D eigenvalue weighted by Gasteiger charge is 2.46. The van der Waals surface area contributed by atoms with Crippen molar-refractivity contribution < 1.29 is 4.42 Å². The number of para-hydroxylation sites is 1. The second kappa shape index (κ2) is 13.8. The molecule has 67 heavy (non-hydrogen) atoms. The predicted molar refractivity (Wildman–Crippen MR) is 280 cm³/mol. The zero-order valence-corrected chi connectivity index (χ0v) is 39.3. The quantitative estimate of drug-likeness (QED) is 0.171. The Kier molecular flexibility index (Phi) is 8.23. The molecule has 0 bridgehead atoms. The fourth-order valence-corrected chi connectivity index (χ4v) is 12.6. The SMILES string of the molecule is CC(C)(C)c1cccc2c1oc1cc3c(cc12)C(C)(C)c1cc(N(c2ccc(C4(c5ccccc5)c5ccccc5-c5ccccc54)cc2)c2ccc4c(c2)C(C)(C)c2ccccc2-4)ccc1-3. The molecule has 3 aliphatic carbocycles. The maximum Gasteiger partial charge on any atom is 0.139 e. The molecule has 1 aromatic heterocycles. The second-order valence-corrected chi connectivity index (χ2v) is 21.3. The van der Waals surface area contributed by atoms with Crippen molar-refractivity contribution in [1.82, 2.24) is 0 Å². The third-order valence-corrected chi connectivity index (χ3v) is 15.9. The predicted octanol–water partition coefficient (Wildman–Crippen LogP) is 17.3. The van der Waals surface area contributed by atoms with Crippen molar-refractivity contribution in [2.24, 2.45) is 0 Å². The van der Waals surface area contributed by atoms with Gasteiger partial charge in [0, 0.05) is 44.2 Å². The maximum atomic E-state index is 6.79. The van der Waals surface area contributed by atoms with Gasteiger partial charge in [-0.15, -0.1) is 0 Å². The molecule has 0 spiro atoms. The molecule has 0 saturated heterocycles. The Morgan fingerprint density at radius 3 is 1.46 bits per heavy atom. The van der Waals surface area contributed by atoms with Crippen LogP contribution in [0.1, 0.15) is 98.5 Å². The molecule has 10 aromatic rings. The molecule has 9 aromatic carbocycles. The highest BCUT2D eigenvalue weighted by atomic mass is 16.3. The van der Waals surface area contributed by atoms with Crippen LogP contribution in [0.4, 0.5) is 17.1 Å². The average Bonchev–Trinajstić information content (AvgIpc) is 4.00. The molecule has 0 aliphatic heterocycles. The minimum absolute atomic E-state index is 0.0280. The molecule has 2 heteroatoms. The van der Waals surface area contributed by atoms with Crippen molar-refractivity contribution in [2.45, 2.75) is 70.1 Å². The minimum atomic E-state index is -0.469. The Morgan fingerprint density at radius 2 is 0.851 bits per heavy atom. The molecular weight excluding hydrogens is 811 g/mol. The Morgan fingerprint density at radius 1 is 0.373 bits per heavy atom. The van der Waals surface area contributed by atoms with E-state index in [9.17, 15) is 0 Å². The molecule has 1 heterocycles. The van der Waals surface area contributed by atoms with E-state index in [0.717, 1.165) is 28.2 Å². The molecule has 0 atom stereocenters. The van der Waals surface area contributed by atoms with E-state index in [-0.39, 0.29) is 16.2 Å². The van der Waals surface area contributed by atoms with Crippen molar-refractivity contribution in [3.05, 3.63) is 244 Å². The van der Waals surface area contributed by atoms with Gasteiger partial charge in [0.2, 0.25) is 0 Å². The highest BCUT2D eigenvalue weighted by molar-refractivity contribution is 6.08. The number of hydrogen-bond donors (Lipinski definition) is 0. The van der Waals surface area contributed by atoms with E-state index in [0.29, 0.717) is 0 Å². The van der Waals surface area contributed by atoms with Crippen LogP contribution < -0.4 is 4.90 Å². The summed E-state index contributed by atoms with van der Waals surface area (Å²) in [6, 6.07) is 73.1. The third-order valence-electron chi connectivity index (χ3n) is 15.9. The summed E-state index contributed by atoms with van der Waals surface area (Å²) in [6.07, 6.45) is 0. The molecule has 13 rings (SSSR count). The van der Waals surface area contributed by atoms with Crippen LogP contribution in [0.25, 0.3) is 55.3 Å². The van der Waals surface area contributed by atoms with Gasteiger partial charge in [0.1, 0.15) is 11.2 Å². The number of fused-ring (bicyclic) bond motifs is 12. The summed E-state index contributed by atoms with van der Waals surface area (Å²) >= 11 is 0. The van der Waals surface area contributed by atoms with Crippen LogP contribution in [0, 0.1) is 0 Å². The average molecular weight is 864 g/mol. The fourth-order valence-electron chi connectivity index (χ4n) is 12.6. The van der Waals surface area contributed by atoms with Gasteiger partial charge in [-0.3, -0.25) is 0 Å². The smallest absolute Gasteiger partial charge is 0.139 e. The van der Waals surface area contributed by atoms with E-state index in [4.69, 9.17) is 4.42 Å². The Balaban J connectivity index is 0.991. The van der Waals surface area contributed by atoms with Crippen molar-refractivity contribution in [3.63, 3.8) is 0 Å². The van der Waals surface area contributed by atoms with Crippen LogP contribution in [0.2, 0.25) is 0 Å². The lowest BCUT2D eigenvalue weighted by molar-refractivity contribution is 0.573. The van der Waals surface area contributed by atoms with E-state index in [1.807, 2.05) is 0 Å². The van der Waals surface area contributed by atoms with Gasteiger partial charge in [-0.05, 0) is 132 Å². The molecule has 0 fully saturated rings. The summed E-state index contributed by atoms with van der Waals surface area (Å²) in [7, 11) is 0. The second-order valence-electron chi connectivity index (χ2n) is 21.3. The number of furan rings is 1. The van der Waals surface area contributed by atoms with Crippen LogP contribution in [0.15, 0.2) is 199 Å². The van der Waals surface area contributed by atoms with Crippen LogP contribution in [0.5, 0.6) is 0 Å². The van der Waals surface area contributed by atoms with Crippen molar-refractivity contribution in [2.75, 3.05) is 4.90 Å². The number of benzene rings is 9. The Hall–Kier alpha value is -7.42. The van der Waals surface area contributed by atoms with E-state index < -0.39 is 5.41 Å². The van der Waals surface area contributed by atoms with Crippen LogP contribution in [0.3, 0.4) is 0 Å². The lowest BCUT2D eigenvalue weighted by atomic mass is 9.68. The first-order chi connectivity index (χ1) is 32.4. The first-order valence-electron chi connectivity index (χ1n) is 23.9. The van der Waals surface area contributed by atoms with Crippen LogP contribution >= 0.6 is 0 Å². The molecule has 0 amide bonds. The number of rotatable bonds is 5. The van der Waals surface area contributed by atoms with Gasteiger partial charge in [0.25, 0.3) is 0 Å².